The summed E-state index contributed by atoms with van der Waals surface area (Å²) in [6.45, 7) is 0.800. The number of carbonyl (C=O) groups is 2. The number of carbonyl (C=O) groups excluding carboxylic acids is 2. The van der Waals surface area contributed by atoms with Gasteiger partial charge >= 0.3 is 0 Å². The molecule has 2 heterocycles. The number of aromatic nitrogens is 1. The van der Waals surface area contributed by atoms with Crippen LogP contribution in [0.2, 0.25) is 0 Å². The van der Waals surface area contributed by atoms with Crippen LogP contribution < -0.4 is 11.5 Å². The molecule has 20 heavy (non-hydrogen) atoms. The van der Waals surface area contributed by atoms with Gasteiger partial charge in [-0.1, -0.05) is 5.16 Å². The van der Waals surface area contributed by atoms with Crippen LogP contribution in [0.25, 0.3) is 0 Å². The molecule has 1 unspecified atom stereocenters. The predicted molar refractivity (Wildman–Crippen MR) is 70.0 cm³/mol. The van der Waals surface area contributed by atoms with Gasteiger partial charge in [0.15, 0.2) is 5.84 Å². The normalized spacial score (nSPS) is 19.1. The molecule has 5 N–H and O–H groups in total. The number of nitrogens with two attached hydrogens (primary N) is 2. The van der Waals surface area contributed by atoms with Crippen LogP contribution in [0.15, 0.2) is 23.5 Å². The molecule has 1 atom stereocenters. The van der Waals surface area contributed by atoms with Gasteiger partial charge in [0.05, 0.1) is 5.92 Å². The maximum absolute atomic E-state index is 12.2. The molecule has 2 amide bonds. The fourth-order valence-electron chi connectivity index (χ4n) is 2.07. The Bertz CT molecular complexity index is 555. The van der Waals surface area contributed by atoms with Gasteiger partial charge in [-0.15, -0.1) is 0 Å². The van der Waals surface area contributed by atoms with Crippen molar-refractivity contribution in [1.82, 2.24) is 9.88 Å². The molecule has 2 rings (SSSR count). The molecule has 0 radical (unpaired) electrons. The van der Waals surface area contributed by atoms with Gasteiger partial charge in [0, 0.05) is 24.8 Å². The van der Waals surface area contributed by atoms with Crippen LogP contribution in [0, 0.1) is 5.92 Å². The first-order valence-electron chi connectivity index (χ1n) is 6.05. The zero-order valence-electron chi connectivity index (χ0n) is 10.7. The minimum Gasteiger partial charge on any atom is -0.409 e. The second kappa shape index (κ2) is 5.55. The molecule has 1 aliphatic rings. The molecule has 106 valence electrons. The van der Waals surface area contributed by atoms with Gasteiger partial charge in [0.1, 0.15) is 5.69 Å². The Morgan fingerprint density at radius 2 is 2.15 bits per heavy atom. The quantitative estimate of drug-likeness (QED) is 0.285. The number of amides is 2. The lowest BCUT2D eigenvalue weighted by atomic mass is 10.1. The summed E-state index contributed by atoms with van der Waals surface area (Å²) in [7, 11) is 0. The maximum atomic E-state index is 12.2. The van der Waals surface area contributed by atoms with Crippen LogP contribution in [-0.4, -0.2) is 45.8 Å². The summed E-state index contributed by atoms with van der Waals surface area (Å²) in [5.41, 5.74) is 11.3. The lowest BCUT2D eigenvalue weighted by molar-refractivity contribution is -0.121. The van der Waals surface area contributed by atoms with Gasteiger partial charge in [-0.05, 0) is 18.6 Å². The summed E-state index contributed by atoms with van der Waals surface area (Å²) in [5.74, 6) is -1.03. The molecule has 1 aromatic rings. The van der Waals surface area contributed by atoms with Gasteiger partial charge in [-0.25, -0.2) is 0 Å². The molecule has 1 fully saturated rings. The highest BCUT2D eigenvalue weighted by atomic mass is 16.4. The first-order chi connectivity index (χ1) is 9.52. The number of likely N-dealkylation sites (tertiary alicyclic amines) is 1. The largest absolute Gasteiger partial charge is 0.409 e. The molecule has 0 aliphatic carbocycles. The fourth-order valence-corrected chi connectivity index (χ4v) is 2.07. The van der Waals surface area contributed by atoms with Crippen LogP contribution in [0.4, 0.5) is 0 Å². The highest BCUT2D eigenvalue weighted by molar-refractivity contribution is 5.98. The van der Waals surface area contributed by atoms with Gasteiger partial charge in [0.2, 0.25) is 5.91 Å². The predicted octanol–water partition coefficient (Wildman–Crippen LogP) is -0.876. The molecular formula is C12H15N5O3. The Labute approximate surface area is 115 Å². The molecule has 0 saturated carbocycles. The van der Waals surface area contributed by atoms with Crippen molar-refractivity contribution in [2.75, 3.05) is 13.1 Å². The standard InChI is InChI=1S/C12H15N5O3/c13-10(16-20)7-1-2-9(15-5-7)12(19)17-4-3-8(6-17)11(14)18/h1-2,5,8,20H,3-4,6H2,(H2,13,16)(H2,14,18). The summed E-state index contributed by atoms with van der Waals surface area (Å²) in [6.07, 6.45) is 1.92. The van der Waals surface area contributed by atoms with E-state index in [4.69, 9.17) is 16.7 Å². The third-order valence-electron chi connectivity index (χ3n) is 3.26. The average molecular weight is 277 g/mol. The number of oxime groups is 1. The van der Waals surface area contributed by atoms with E-state index in [2.05, 4.69) is 10.1 Å². The monoisotopic (exact) mass is 277 g/mol. The smallest absolute Gasteiger partial charge is 0.272 e. The summed E-state index contributed by atoms with van der Waals surface area (Å²) in [5, 5.41) is 11.4. The van der Waals surface area contributed by atoms with E-state index in [0.717, 1.165) is 0 Å². The molecule has 1 aromatic heterocycles. The lowest BCUT2D eigenvalue weighted by Gasteiger charge is -2.15. The number of pyridine rings is 1. The molecule has 0 bridgehead atoms. The third kappa shape index (κ3) is 2.68. The van der Waals surface area contributed by atoms with Crippen molar-refractivity contribution in [2.45, 2.75) is 6.42 Å². The molecule has 0 spiro atoms. The second-order valence-electron chi connectivity index (χ2n) is 4.56. The van der Waals surface area contributed by atoms with Gasteiger partial charge in [0.25, 0.3) is 5.91 Å². The van der Waals surface area contributed by atoms with E-state index in [1.165, 1.54) is 18.3 Å². The van der Waals surface area contributed by atoms with Crippen molar-refractivity contribution < 1.29 is 14.8 Å². The van der Waals surface area contributed by atoms with E-state index in [0.29, 0.717) is 25.1 Å². The van der Waals surface area contributed by atoms with Crippen LogP contribution in [0.1, 0.15) is 22.5 Å². The van der Waals surface area contributed by atoms with E-state index < -0.39 is 5.91 Å². The molecule has 8 heteroatoms. The van der Waals surface area contributed by atoms with Crippen molar-refractivity contribution in [1.29, 1.82) is 0 Å². The summed E-state index contributed by atoms with van der Waals surface area (Å²) >= 11 is 0. The van der Waals surface area contributed by atoms with Crippen molar-refractivity contribution in [2.24, 2.45) is 22.5 Å². The van der Waals surface area contributed by atoms with Gasteiger partial charge in [-0.3, -0.25) is 14.6 Å². The molecular weight excluding hydrogens is 262 g/mol. The van der Waals surface area contributed by atoms with Crippen molar-refractivity contribution in [3.63, 3.8) is 0 Å². The van der Waals surface area contributed by atoms with Crippen molar-refractivity contribution in [3.8, 4) is 0 Å². The fraction of sp³-hybridized carbons (Fsp3) is 0.333. The SMILES string of the molecule is NC(=O)C1CCN(C(=O)c2ccc(/C(N)=N/O)cn2)C1. The van der Waals surface area contributed by atoms with E-state index in [-0.39, 0.29) is 23.4 Å². The number of hydrogen-bond donors (Lipinski definition) is 3. The maximum Gasteiger partial charge on any atom is 0.272 e. The van der Waals surface area contributed by atoms with E-state index >= 15 is 0 Å². The summed E-state index contributed by atoms with van der Waals surface area (Å²) in [6, 6.07) is 3.03. The Morgan fingerprint density at radius 3 is 2.65 bits per heavy atom. The highest BCUT2D eigenvalue weighted by Gasteiger charge is 2.30. The number of nitrogens with zero attached hydrogens (tertiary/aromatic N) is 3. The van der Waals surface area contributed by atoms with Gasteiger partial charge in [-0.2, -0.15) is 0 Å². The first kappa shape index (κ1) is 13.8. The topological polar surface area (TPSA) is 135 Å². The number of rotatable bonds is 3. The highest BCUT2D eigenvalue weighted by Crippen LogP contribution is 2.17. The number of primary amides is 1. The minimum atomic E-state index is -0.393. The Morgan fingerprint density at radius 1 is 1.40 bits per heavy atom. The zero-order chi connectivity index (χ0) is 14.7. The van der Waals surface area contributed by atoms with Crippen LogP contribution >= 0.6 is 0 Å². The Hall–Kier alpha value is -2.64. The molecule has 8 nitrogen and oxygen atoms in total. The van der Waals surface area contributed by atoms with Crippen LogP contribution in [-0.2, 0) is 4.79 Å². The van der Waals surface area contributed by atoms with E-state index in [1.807, 2.05) is 0 Å². The summed E-state index contributed by atoms with van der Waals surface area (Å²) < 4.78 is 0. The molecule has 1 aliphatic heterocycles. The Kier molecular flexibility index (Phi) is 3.83. The van der Waals surface area contributed by atoms with Crippen LogP contribution in [0.5, 0.6) is 0 Å². The van der Waals surface area contributed by atoms with Gasteiger partial charge < -0.3 is 21.6 Å². The molecule has 0 aromatic carbocycles. The zero-order valence-corrected chi connectivity index (χ0v) is 10.7. The van der Waals surface area contributed by atoms with E-state index in [9.17, 15) is 9.59 Å². The number of hydrogen-bond acceptors (Lipinski definition) is 5. The van der Waals surface area contributed by atoms with Crippen molar-refractivity contribution in [3.05, 3.63) is 29.6 Å². The van der Waals surface area contributed by atoms with Crippen molar-refractivity contribution >= 4 is 17.6 Å². The second-order valence-corrected chi connectivity index (χ2v) is 4.56. The molecule has 1 saturated heterocycles. The number of amidine groups is 1. The van der Waals surface area contributed by atoms with Crippen LogP contribution in [0.3, 0.4) is 0 Å². The third-order valence-corrected chi connectivity index (χ3v) is 3.26. The Balaban J connectivity index is 2.09. The minimum absolute atomic E-state index is 0.0773. The lowest BCUT2D eigenvalue weighted by Crippen LogP contribution is -2.32. The van der Waals surface area contributed by atoms with E-state index in [1.54, 1.807) is 4.90 Å². The first-order valence-corrected chi connectivity index (χ1v) is 6.05. The summed E-state index contributed by atoms with van der Waals surface area (Å²) in [4.78, 5) is 28.8. The average Bonchev–Trinajstić information content (AvgIpc) is 2.96.